The van der Waals surface area contributed by atoms with Crippen molar-refractivity contribution in [1.29, 1.82) is 0 Å². The monoisotopic (exact) mass is 604 g/mol. The van der Waals surface area contributed by atoms with Crippen LogP contribution in [0.4, 0.5) is 10.5 Å². The molecule has 1 heterocycles. The normalized spacial score (nSPS) is 14.6. The number of urea groups is 1. The predicted octanol–water partition coefficient (Wildman–Crippen LogP) is 6.90. The maximum absolute atomic E-state index is 13.2. The van der Waals surface area contributed by atoms with Crippen LogP contribution in [0.2, 0.25) is 5.02 Å². The van der Waals surface area contributed by atoms with Gasteiger partial charge in [-0.05, 0) is 77.4 Å². The summed E-state index contributed by atoms with van der Waals surface area (Å²) < 4.78 is 12.5. The number of fused-ring (bicyclic) bond motifs is 1. The molecule has 1 aliphatic heterocycles. The van der Waals surface area contributed by atoms with Crippen molar-refractivity contribution < 1.29 is 23.9 Å². The van der Waals surface area contributed by atoms with Crippen LogP contribution >= 0.6 is 27.5 Å². The van der Waals surface area contributed by atoms with Crippen molar-refractivity contribution >= 4 is 67.9 Å². The maximum Gasteiger partial charge on any atom is 0.335 e. The largest absolute Gasteiger partial charge is 0.490 e. The molecule has 0 radical (unpaired) electrons. The van der Waals surface area contributed by atoms with Crippen LogP contribution in [0.15, 0.2) is 88.9 Å². The van der Waals surface area contributed by atoms with E-state index in [0.717, 1.165) is 21.2 Å². The van der Waals surface area contributed by atoms with Crippen LogP contribution < -0.4 is 19.7 Å². The number of amides is 4. The number of carbonyl (C=O) groups is 3. The molecule has 1 aliphatic rings. The van der Waals surface area contributed by atoms with E-state index in [2.05, 4.69) is 33.4 Å². The summed E-state index contributed by atoms with van der Waals surface area (Å²) in [6.45, 7) is 2.54. The van der Waals surface area contributed by atoms with Gasteiger partial charge < -0.3 is 9.47 Å². The number of barbiturate groups is 1. The highest BCUT2D eigenvalue weighted by atomic mass is 79.9. The molecule has 5 rings (SSSR count). The molecule has 0 saturated carbocycles. The fourth-order valence-corrected chi connectivity index (χ4v) is 4.73. The Labute approximate surface area is 238 Å². The molecule has 39 heavy (non-hydrogen) atoms. The van der Waals surface area contributed by atoms with Crippen molar-refractivity contribution in [2.45, 2.75) is 13.5 Å². The van der Waals surface area contributed by atoms with Crippen molar-refractivity contribution in [2.24, 2.45) is 0 Å². The summed E-state index contributed by atoms with van der Waals surface area (Å²) in [5, 5.41) is 4.94. The third-order valence-electron chi connectivity index (χ3n) is 6.06. The molecule has 0 aromatic heterocycles. The Kier molecular flexibility index (Phi) is 7.67. The van der Waals surface area contributed by atoms with E-state index in [1.54, 1.807) is 24.3 Å². The van der Waals surface area contributed by atoms with E-state index in [-0.39, 0.29) is 11.3 Å². The van der Waals surface area contributed by atoms with Crippen molar-refractivity contribution in [1.82, 2.24) is 5.32 Å². The third-order valence-corrected chi connectivity index (χ3v) is 7.00. The minimum absolute atomic E-state index is 0.211. The molecule has 1 saturated heterocycles. The Balaban J connectivity index is 1.44. The molecule has 1 fully saturated rings. The van der Waals surface area contributed by atoms with Crippen molar-refractivity contribution in [2.75, 3.05) is 11.5 Å². The number of nitrogens with zero attached hydrogens (tertiary/aromatic N) is 1. The second-order valence-electron chi connectivity index (χ2n) is 8.66. The van der Waals surface area contributed by atoms with Gasteiger partial charge in [0.1, 0.15) is 12.2 Å². The Morgan fingerprint density at radius 2 is 1.62 bits per heavy atom. The molecular formula is C30H22BrClN2O5. The van der Waals surface area contributed by atoms with Crippen molar-refractivity contribution in [3.05, 3.63) is 105 Å². The zero-order chi connectivity index (χ0) is 27.5. The van der Waals surface area contributed by atoms with Gasteiger partial charge in [0.15, 0.2) is 11.5 Å². The van der Waals surface area contributed by atoms with Crippen molar-refractivity contribution in [3.8, 4) is 11.5 Å². The topological polar surface area (TPSA) is 84.9 Å². The van der Waals surface area contributed by atoms with Gasteiger partial charge in [0.25, 0.3) is 11.8 Å². The molecule has 0 atom stereocenters. The summed E-state index contributed by atoms with van der Waals surface area (Å²) in [6, 6.07) is 23.0. The number of ether oxygens (including phenoxy) is 2. The smallest absolute Gasteiger partial charge is 0.335 e. The van der Waals surface area contributed by atoms with Crippen molar-refractivity contribution in [3.63, 3.8) is 0 Å². The minimum Gasteiger partial charge on any atom is -0.490 e. The summed E-state index contributed by atoms with van der Waals surface area (Å²) in [4.78, 5) is 39.3. The summed E-state index contributed by atoms with van der Waals surface area (Å²) in [6.07, 6.45) is 1.41. The number of imide groups is 2. The number of rotatable bonds is 7. The van der Waals surface area contributed by atoms with Gasteiger partial charge in [-0.1, -0.05) is 63.9 Å². The van der Waals surface area contributed by atoms with Crippen LogP contribution in [0.3, 0.4) is 0 Å². The van der Waals surface area contributed by atoms with Gasteiger partial charge in [-0.2, -0.15) is 0 Å². The number of hydrogen-bond acceptors (Lipinski definition) is 5. The quantitative estimate of drug-likeness (QED) is 0.183. The lowest BCUT2D eigenvalue weighted by atomic mass is 10.1. The minimum atomic E-state index is -0.837. The van der Waals surface area contributed by atoms with Crippen LogP contribution in [0, 0.1) is 0 Å². The zero-order valence-corrected chi connectivity index (χ0v) is 23.1. The third kappa shape index (κ3) is 5.67. The summed E-state index contributed by atoms with van der Waals surface area (Å²) in [7, 11) is 0. The average Bonchev–Trinajstić information content (AvgIpc) is 2.92. The molecule has 0 unspecified atom stereocenters. The molecular weight excluding hydrogens is 584 g/mol. The van der Waals surface area contributed by atoms with Crippen LogP contribution in [0.5, 0.6) is 11.5 Å². The van der Waals surface area contributed by atoms with Gasteiger partial charge >= 0.3 is 6.03 Å². The lowest BCUT2D eigenvalue weighted by molar-refractivity contribution is -0.122. The standard InChI is InChI=1S/C30H22BrClN2O5/c1-2-38-26-15-21(14-24-28(35)33-30(37)34(29(24)36)23-11-9-22(32)10-12-23)25(31)16-27(26)39-17-18-7-8-19-5-3-4-6-20(19)13-18/h3-16H,2,17H2,1H3,(H,33,35,37)/b24-14+. The van der Waals surface area contributed by atoms with Gasteiger partial charge in [-0.25, -0.2) is 9.69 Å². The number of nitrogens with one attached hydrogen (secondary N) is 1. The van der Waals surface area contributed by atoms with Gasteiger partial charge in [-0.3, -0.25) is 14.9 Å². The van der Waals surface area contributed by atoms with Crippen LogP contribution in [0.1, 0.15) is 18.1 Å². The lowest BCUT2D eigenvalue weighted by Crippen LogP contribution is -2.54. The fourth-order valence-electron chi connectivity index (χ4n) is 4.17. The fraction of sp³-hybridized carbons (Fsp3) is 0.100. The van der Waals surface area contributed by atoms with E-state index in [9.17, 15) is 14.4 Å². The lowest BCUT2D eigenvalue weighted by Gasteiger charge is -2.26. The number of hydrogen-bond donors (Lipinski definition) is 1. The number of halogens is 2. The molecule has 0 aliphatic carbocycles. The molecule has 7 nitrogen and oxygen atoms in total. The molecule has 4 amide bonds. The molecule has 9 heteroatoms. The zero-order valence-electron chi connectivity index (χ0n) is 20.7. The first-order valence-electron chi connectivity index (χ1n) is 12.1. The van der Waals surface area contributed by atoms with E-state index < -0.39 is 17.8 Å². The molecule has 1 N–H and O–H groups in total. The van der Waals surface area contributed by atoms with Crippen LogP contribution in [0.25, 0.3) is 16.8 Å². The van der Waals surface area contributed by atoms with Gasteiger partial charge in [-0.15, -0.1) is 0 Å². The Bertz CT molecular complexity index is 1630. The second-order valence-corrected chi connectivity index (χ2v) is 9.95. The highest BCUT2D eigenvalue weighted by Crippen LogP contribution is 2.36. The van der Waals surface area contributed by atoms with Crippen LogP contribution in [-0.4, -0.2) is 24.5 Å². The number of carbonyl (C=O) groups excluding carboxylic acids is 3. The van der Waals surface area contributed by atoms with E-state index in [1.165, 1.54) is 18.2 Å². The average molecular weight is 606 g/mol. The number of benzene rings is 4. The molecule has 0 spiro atoms. The predicted molar refractivity (Wildman–Crippen MR) is 154 cm³/mol. The molecule has 4 aromatic carbocycles. The van der Waals surface area contributed by atoms with Gasteiger partial charge in [0.2, 0.25) is 0 Å². The SMILES string of the molecule is CCOc1cc(/C=C2\C(=O)NC(=O)N(c3ccc(Cl)cc3)C2=O)c(Br)cc1OCc1ccc2ccccc2c1. The molecule has 196 valence electrons. The summed E-state index contributed by atoms with van der Waals surface area (Å²) >= 11 is 9.46. The Morgan fingerprint density at radius 3 is 2.36 bits per heavy atom. The highest BCUT2D eigenvalue weighted by Gasteiger charge is 2.37. The second kappa shape index (κ2) is 11.3. The first-order valence-corrected chi connectivity index (χ1v) is 13.2. The first kappa shape index (κ1) is 26.5. The van der Waals surface area contributed by atoms with Gasteiger partial charge in [0, 0.05) is 9.50 Å². The highest BCUT2D eigenvalue weighted by molar-refractivity contribution is 9.10. The van der Waals surface area contributed by atoms with E-state index in [0.29, 0.717) is 39.8 Å². The van der Waals surface area contributed by atoms with E-state index >= 15 is 0 Å². The molecule has 4 aromatic rings. The Hall–Kier alpha value is -4.14. The Morgan fingerprint density at radius 1 is 0.897 bits per heavy atom. The first-order chi connectivity index (χ1) is 18.8. The number of anilines is 1. The summed E-state index contributed by atoms with van der Waals surface area (Å²) in [5.74, 6) is -0.608. The van der Waals surface area contributed by atoms with Gasteiger partial charge in [0.05, 0.1) is 12.3 Å². The van der Waals surface area contributed by atoms with E-state index in [4.69, 9.17) is 21.1 Å². The molecule has 0 bridgehead atoms. The van der Waals surface area contributed by atoms with E-state index in [1.807, 2.05) is 37.3 Å². The maximum atomic E-state index is 13.2. The summed E-state index contributed by atoms with van der Waals surface area (Å²) in [5.41, 5.74) is 1.57. The van der Waals surface area contributed by atoms with Crippen LogP contribution in [-0.2, 0) is 16.2 Å².